The van der Waals surface area contributed by atoms with Crippen molar-refractivity contribution >= 4 is 19.8 Å². The molecule has 0 aliphatic heterocycles. The lowest BCUT2D eigenvalue weighted by Gasteiger charge is -2.20. The van der Waals surface area contributed by atoms with Crippen LogP contribution < -0.4 is 5.73 Å². The van der Waals surface area contributed by atoms with Crippen LogP contribution in [-0.4, -0.2) is 60.5 Å². The number of esters is 1. The zero-order valence-electron chi connectivity index (χ0n) is 35.1. The number of phosphoric ester groups is 1. The summed E-state index contributed by atoms with van der Waals surface area (Å²) in [7, 11) is -4.61. The molecule has 0 aliphatic carbocycles. The molecule has 0 aliphatic rings. The summed E-state index contributed by atoms with van der Waals surface area (Å²) >= 11 is 0. The number of carbonyl (C=O) groups is 2. The van der Waals surface area contributed by atoms with Crippen molar-refractivity contribution in [1.29, 1.82) is 0 Å². The van der Waals surface area contributed by atoms with Gasteiger partial charge in [0, 0.05) is 13.0 Å². The number of ether oxygens (including phenoxy) is 2. The molecule has 11 heteroatoms. The third kappa shape index (κ3) is 39.2. The van der Waals surface area contributed by atoms with Crippen LogP contribution >= 0.6 is 7.82 Å². The van der Waals surface area contributed by atoms with Gasteiger partial charge in [0.25, 0.3) is 0 Å². The van der Waals surface area contributed by atoms with Crippen molar-refractivity contribution in [1.82, 2.24) is 0 Å². The number of hydrogen-bond donors (Lipinski definition) is 3. The van der Waals surface area contributed by atoms with Crippen LogP contribution in [0.4, 0.5) is 0 Å². The second-order valence-corrected chi connectivity index (χ2v) is 17.0. The summed E-state index contributed by atoms with van der Waals surface area (Å²) in [5.41, 5.74) is 5.36. The quantitative estimate of drug-likeness (QED) is 0.0308. The molecule has 0 aromatic carbocycles. The Hall–Kier alpha value is -1.03. The fraction of sp³-hybridized carbons (Fsp3) is 0.953. The molecule has 54 heavy (non-hydrogen) atoms. The van der Waals surface area contributed by atoms with Crippen molar-refractivity contribution in [3.8, 4) is 0 Å². The highest BCUT2D eigenvalue weighted by molar-refractivity contribution is 7.47. The first kappa shape index (κ1) is 53.0. The lowest BCUT2D eigenvalue weighted by molar-refractivity contribution is -0.154. The van der Waals surface area contributed by atoms with E-state index in [1.165, 1.54) is 167 Å². The summed E-state index contributed by atoms with van der Waals surface area (Å²) in [5.74, 6) is -1.76. The predicted molar refractivity (Wildman–Crippen MR) is 222 cm³/mol. The lowest BCUT2D eigenvalue weighted by atomic mass is 10.0. The molecule has 0 amide bonds. The van der Waals surface area contributed by atoms with Gasteiger partial charge < -0.3 is 25.2 Å². The van der Waals surface area contributed by atoms with Crippen molar-refractivity contribution in [3.63, 3.8) is 0 Å². The maximum absolute atomic E-state index is 12.6. The van der Waals surface area contributed by atoms with E-state index in [0.29, 0.717) is 6.61 Å². The Balaban J connectivity index is 4.17. The fourth-order valence-electron chi connectivity index (χ4n) is 6.61. The van der Waals surface area contributed by atoms with Gasteiger partial charge in [0.2, 0.25) is 0 Å². The zero-order chi connectivity index (χ0) is 39.8. The molecule has 0 fully saturated rings. The number of carboxylic acid groups (broad SMARTS) is 1. The molecule has 0 aromatic heterocycles. The van der Waals surface area contributed by atoms with Crippen LogP contribution in [-0.2, 0) is 32.7 Å². The Morgan fingerprint density at radius 1 is 0.519 bits per heavy atom. The molecule has 322 valence electrons. The van der Waals surface area contributed by atoms with Gasteiger partial charge in [-0.15, -0.1) is 0 Å². The number of unbranched alkanes of at least 4 members (excludes halogenated alkanes) is 30. The van der Waals surface area contributed by atoms with Gasteiger partial charge in [-0.25, -0.2) is 4.57 Å². The van der Waals surface area contributed by atoms with Crippen LogP contribution in [0.1, 0.15) is 226 Å². The van der Waals surface area contributed by atoms with Crippen LogP contribution in [0.15, 0.2) is 0 Å². The van der Waals surface area contributed by atoms with Crippen LogP contribution in [0.3, 0.4) is 0 Å². The van der Waals surface area contributed by atoms with E-state index in [1.54, 1.807) is 0 Å². The summed E-state index contributed by atoms with van der Waals surface area (Å²) in [4.78, 5) is 33.5. The van der Waals surface area contributed by atoms with Gasteiger partial charge in [0.15, 0.2) is 0 Å². The SMILES string of the molecule is CCCCCCCCCCCCCCCCCCOCC(COP(=O)(O)OCC(N)C(=O)O)OC(=O)CCCCCCCCCCCCCCCCCC. The van der Waals surface area contributed by atoms with E-state index in [1.807, 2.05) is 0 Å². The monoisotopic (exact) mass is 792 g/mol. The Bertz CT molecular complexity index is 878. The van der Waals surface area contributed by atoms with Crippen LogP contribution in [0, 0.1) is 0 Å². The highest BCUT2D eigenvalue weighted by Gasteiger charge is 2.27. The molecule has 0 aromatic rings. The number of carboxylic acids is 1. The molecule has 0 saturated carbocycles. The second kappa shape index (κ2) is 40.2. The van der Waals surface area contributed by atoms with Gasteiger partial charge in [0.1, 0.15) is 12.1 Å². The van der Waals surface area contributed by atoms with E-state index < -0.39 is 45.1 Å². The van der Waals surface area contributed by atoms with E-state index in [0.717, 1.165) is 38.5 Å². The summed E-state index contributed by atoms with van der Waals surface area (Å²) < 4.78 is 33.4. The largest absolute Gasteiger partial charge is 0.480 e. The van der Waals surface area contributed by atoms with Gasteiger partial charge in [-0.2, -0.15) is 0 Å². The molecule has 0 bridgehead atoms. The Labute approximate surface area is 331 Å². The first-order valence-corrected chi connectivity index (χ1v) is 24.1. The molecule has 0 saturated heterocycles. The molecule has 3 atom stereocenters. The maximum atomic E-state index is 12.6. The summed E-state index contributed by atoms with van der Waals surface area (Å²) in [6, 6.07) is -1.47. The Morgan fingerprint density at radius 2 is 0.852 bits per heavy atom. The normalized spacial score (nSPS) is 13.9. The summed E-state index contributed by atoms with van der Waals surface area (Å²) in [6.45, 7) is 3.93. The minimum Gasteiger partial charge on any atom is -0.480 e. The topological polar surface area (TPSA) is 155 Å². The molecule has 0 spiro atoms. The minimum absolute atomic E-state index is 0.0259. The minimum atomic E-state index is -4.61. The van der Waals surface area contributed by atoms with Crippen LogP contribution in [0.25, 0.3) is 0 Å². The van der Waals surface area contributed by atoms with Crippen molar-refractivity contribution < 1.29 is 42.7 Å². The van der Waals surface area contributed by atoms with Crippen LogP contribution in [0.2, 0.25) is 0 Å². The van der Waals surface area contributed by atoms with E-state index in [4.69, 9.17) is 29.4 Å². The van der Waals surface area contributed by atoms with Crippen molar-refractivity contribution in [2.75, 3.05) is 26.4 Å². The first-order valence-electron chi connectivity index (χ1n) is 22.6. The highest BCUT2D eigenvalue weighted by Crippen LogP contribution is 2.43. The smallest absolute Gasteiger partial charge is 0.472 e. The molecule has 0 rings (SSSR count). The predicted octanol–water partition coefficient (Wildman–Crippen LogP) is 12.4. The maximum Gasteiger partial charge on any atom is 0.472 e. The molecular weight excluding hydrogens is 705 g/mol. The average molecular weight is 792 g/mol. The number of hydrogen-bond acceptors (Lipinski definition) is 8. The zero-order valence-corrected chi connectivity index (χ0v) is 36.0. The van der Waals surface area contributed by atoms with E-state index in [2.05, 4.69) is 13.8 Å². The van der Waals surface area contributed by atoms with E-state index in [9.17, 15) is 19.0 Å². The van der Waals surface area contributed by atoms with Crippen molar-refractivity contribution in [2.45, 2.75) is 238 Å². The summed E-state index contributed by atoms with van der Waals surface area (Å²) in [6.07, 6.45) is 40.0. The highest BCUT2D eigenvalue weighted by atomic mass is 31.2. The van der Waals surface area contributed by atoms with Crippen molar-refractivity contribution in [3.05, 3.63) is 0 Å². The van der Waals surface area contributed by atoms with Crippen molar-refractivity contribution in [2.24, 2.45) is 5.73 Å². The molecule has 4 N–H and O–H groups in total. The Morgan fingerprint density at radius 3 is 1.22 bits per heavy atom. The summed E-state index contributed by atoms with van der Waals surface area (Å²) in [5, 5.41) is 8.90. The molecular formula is C43H86NO9P. The van der Waals surface area contributed by atoms with Gasteiger partial charge in [-0.3, -0.25) is 18.6 Å². The molecule has 0 radical (unpaired) electrons. The third-order valence-electron chi connectivity index (χ3n) is 10.1. The van der Waals surface area contributed by atoms with E-state index >= 15 is 0 Å². The van der Waals surface area contributed by atoms with Gasteiger partial charge >= 0.3 is 19.8 Å². The first-order chi connectivity index (χ1) is 26.2. The number of rotatable bonds is 44. The fourth-order valence-corrected chi connectivity index (χ4v) is 7.38. The third-order valence-corrected chi connectivity index (χ3v) is 11.1. The average Bonchev–Trinajstić information content (AvgIpc) is 3.15. The number of carbonyl (C=O) groups excluding carboxylic acids is 1. The van der Waals surface area contributed by atoms with Gasteiger partial charge in [-0.1, -0.05) is 206 Å². The van der Waals surface area contributed by atoms with E-state index in [-0.39, 0.29) is 13.0 Å². The number of aliphatic carboxylic acids is 1. The second-order valence-electron chi connectivity index (χ2n) is 15.5. The number of nitrogens with two attached hydrogens (primary N) is 1. The lowest BCUT2D eigenvalue weighted by Crippen LogP contribution is -2.34. The van der Waals surface area contributed by atoms with Crippen LogP contribution in [0.5, 0.6) is 0 Å². The number of phosphoric acid groups is 1. The molecule has 3 unspecified atom stereocenters. The van der Waals surface area contributed by atoms with Gasteiger partial charge in [0.05, 0.1) is 19.8 Å². The Kier molecular flexibility index (Phi) is 39.4. The molecule has 0 heterocycles. The standard InChI is InChI=1S/C43H86NO9P/c1-3-5-7-9-11-13-15-17-19-21-23-25-27-29-31-33-35-42(45)53-40(38-51-54(48,49)52-39-41(44)43(46)47)37-50-36-34-32-30-28-26-24-22-20-18-16-14-12-10-8-6-4-2/h40-41H,3-39,44H2,1-2H3,(H,46,47)(H,48,49). The van der Waals surface area contributed by atoms with Gasteiger partial charge in [-0.05, 0) is 12.8 Å². The molecule has 10 nitrogen and oxygen atoms in total.